The average molecular weight is 279 g/mol. The number of aromatic nitrogens is 2. The van der Waals surface area contributed by atoms with Crippen LogP contribution in [0.4, 0.5) is 17.2 Å². The standard InChI is InChI=1S/C11H11BrN4/c1-7-2-3-9(6-14-7)16-11-10(12)4-8(13)5-15-11/h2-6H,13H2,1H3,(H,15,16). The largest absolute Gasteiger partial charge is 0.397 e. The van der Waals surface area contributed by atoms with Gasteiger partial charge in [0, 0.05) is 5.69 Å². The fraction of sp³-hybridized carbons (Fsp3) is 0.0909. The fourth-order valence-electron chi connectivity index (χ4n) is 1.22. The zero-order chi connectivity index (χ0) is 11.5. The van der Waals surface area contributed by atoms with E-state index < -0.39 is 0 Å². The molecule has 0 bridgehead atoms. The van der Waals surface area contributed by atoms with E-state index in [9.17, 15) is 0 Å². The van der Waals surface area contributed by atoms with Crippen LogP contribution in [0.5, 0.6) is 0 Å². The molecule has 2 aromatic heterocycles. The maximum absolute atomic E-state index is 5.61. The SMILES string of the molecule is Cc1ccc(Nc2ncc(N)cc2Br)cn1. The summed E-state index contributed by atoms with van der Waals surface area (Å²) in [6.07, 6.45) is 3.37. The van der Waals surface area contributed by atoms with Crippen molar-refractivity contribution >= 4 is 33.1 Å². The highest BCUT2D eigenvalue weighted by atomic mass is 79.9. The number of pyridine rings is 2. The number of hydrogen-bond acceptors (Lipinski definition) is 4. The summed E-state index contributed by atoms with van der Waals surface area (Å²) in [6, 6.07) is 5.69. The molecule has 2 aromatic rings. The van der Waals surface area contributed by atoms with Crippen molar-refractivity contribution in [3.8, 4) is 0 Å². The second-order valence-electron chi connectivity index (χ2n) is 3.41. The molecule has 0 aliphatic rings. The van der Waals surface area contributed by atoms with Crippen LogP contribution in [0.25, 0.3) is 0 Å². The molecule has 16 heavy (non-hydrogen) atoms. The summed E-state index contributed by atoms with van der Waals surface area (Å²) >= 11 is 3.39. The Morgan fingerprint density at radius 1 is 1.25 bits per heavy atom. The molecule has 0 aliphatic heterocycles. The lowest BCUT2D eigenvalue weighted by atomic mass is 10.3. The van der Waals surface area contributed by atoms with Crippen molar-refractivity contribution in [1.82, 2.24) is 9.97 Å². The minimum atomic E-state index is 0.624. The monoisotopic (exact) mass is 278 g/mol. The molecule has 2 heterocycles. The van der Waals surface area contributed by atoms with Gasteiger partial charge in [0.2, 0.25) is 0 Å². The molecule has 0 fully saturated rings. The van der Waals surface area contributed by atoms with E-state index in [0.717, 1.165) is 21.7 Å². The van der Waals surface area contributed by atoms with E-state index in [1.165, 1.54) is 0 Å². The Bertz CT molecular complexity index is 496. The van der Waals surface area contributed by atoms with Gasteiger partial charge in [0.25, 0.3) is 0 Å². The average Bonchev–Trinajstić information content (AvgIpc) is 2.25. The lowest BCUT2D eigenvalue weighted by Crippen LogP contribution is -1.97. The molecule has 0 radical (unpaired) electrons. The van der Waals surface area contributed by atoms with Gasteiger partial charge in [-0.3, -0.25) is 4.98 Å². The predicted octanol–water partition coefficient (Wildman–Crippen LogP) is 2.87. The van der Waals surface area contributed by atoms with Crippen molar-refractivity contribution < 1.29 is 0 Å². The van der Waals surface area contributed by atoms with Gasteiger partial charge in [0.1, 0.15) is 5.82 Å². The molecule has 0 aromatic carbocycles. The van der Waals surface area contributed by atoms with E-state index in [0.29, 0.717) is 5.69 Å². The number of hydrogen-bond donors (Lipinski definition) is 2. The number of nitrogens with zero attached hydrogens (tertiary/aromatic N) is 2. The molecule has 0 saturated carbocycles. The van der Waals surface area contributed by atoms with Crippen molar-refractivity contribution in [3.63, 3.8) is 0 Å². The van der Waals surface area contributed by atoms with E-state index in [2.05, 4.69) is 31.2 Å². The van der Waals surface area contributed by atoms with Gasteiger partial charge in [-0.25, -0.2) is 4.98 Å². The Morgan fingerprint density at radius 3 is 2.69 bits per heavy atom. The van der Waals surface area contributed by atoms with Crippen molar-refractivity contribution in [1.29, 1.82) is 0 Å². The molecular weight excluding hydrogens is 268 g/mol. The van der Waals surface area contributed by atoms with E-state index in [1.54, 1.807) is 18.5 Å². The van der Waals surface area contributed by atoms with E-state index in [-0.39, 0.29) is 0 Å². The first-order valence-corrected chi connectivity index (χ1v) is 5.55. The van der Waals surface area contributed by atoms with Gasteiger partial charge in [-0.05, 0) is 41.1 Å². The zero-order valence-electron chi connectivity index (χ0n) is 8.74. The summed E-state index contributed by atoms with van der Waals surface area (Å²) in [4.78, 5) is 8.38. The molecule has 0 aliphatic carbocycles. The van der Waals surface area contributed by atoms with Crippen LogP contribution in [0, 0.1) is 6.92 Å². The van der Waals surface area contributed by atoms with Crippen LogP contribution in [-0.4, -0.2) is 9.97 Å². The van der Waals surface area contributed by atoms with Crippen molar-refractivity contribution in [3.05, 3.63) is 40.8 Å². The van der Waals surface area contributed by atoms with Crippen LogP contribution in [0.2, 0.25) is 0 Å². The third-order valence-electron chi connectivity index (χ3n) is 2.04. The Kier molecular flexibility index (Phi) is 3.05. The van der Waals surface area contributed by atoms with Crippen LogP contribution in [0.15, 0.2) is 35.1 Å². The molecule has 3 N–H and O–H groups in total. The summed E-state index contributed by atoms with van der Waals surface area (Å²) in [5.74, 6) is 0.722. The predicted molar refractivity (Wildman–Crippen MR) is 68.6 cm³/mol. The van der Waals surface area contributed by atoms with Crippen molar-refractivity contribution in [2.45, 2.75) is 6.92 Å². The quantitative estimate of drug-likeness (QED) is 0.887. The first-order valence-electron chi connectivity index (χ1n) is 4.76. The lowest BCUT2D eigenvalue weighted by Gasteiger charge is -2.07. The Labute approximate surface area is 102 Å². The maximum atomic E-state index is 5.61. The van der Waals surface area contributed by atoms with Crippen LogP contribution in [0.1, 0.15) is 5.69 Å². The molecule has 0 amide bonds. The summed E-state index contributed by atoms with van der Waals surface area (Å²) in [7, 11) is 0. The van der Waals surface area contributed by atoms with E-state index >= 15 is 0 Å². The normalized spacial score (nSPS) is 10.1. The van der Waals surface area contributed by atoms with Crippen LogP contribution in [0.3, 0.4) is 0 Å². The summed E-state index contributed by atoms with van der Waals surface area (Å²) < 4.78 is 0.827. The number of anilines is 3. The van der Waals surface area contributed by atoms with Gasteiger partial charge in [0.05, 0.1) is 28.2 Å². The number of aryl methyl sites for hydroxylation is 1. The van der Waals surface area contributed by atoms with Crippen LogP contribution >= 0.6 is 15.9 Å². The number of halogens is 1. The first-order chi connectivity index (χ1) is 7.65. The van der Waals surface area contributed by atoms with Gasteiger partial charge in [-0.2, -0.15) is 0 Å². The van der Waals surface area contributed by atoms with E-state index in [1.807, 2.05) is 19.1 Å². The highest BCUT2D eigenvalue weighted by Crippen LogP contribution is 2.24. The zero-order valence-corrected chi connectivity index (χ0v) is 10.3. The first kappa shape index (κ1) is 10.9. The maximum Gasteiger partial charge on any atom is 0.144 e. The van der Waals surface area contributed by atoms with Gasteiger partial charge < -0.3 is 11.1 Å². The van der Waals surface area contributed by atoms with Gasteiger partial charge >= 0.3 is 0 Å². The lowest BCUT2D eigenvalue weighted by molar-refractivity contribution is 1.19. The second-order valence-corrected chi connectivity index (χ2v) is 4.27. The molecule has 2 rings (SSSR count). The minimum absolute atomic E-state index is 0.624. The van der Waals surface area contributed by atoms with Gasteiger partial charge in [-0.1, -0.05) is 0 Å². The second kappa shape index (κ2) is 4.49. The van der Waals surface area contributed by atoms with Gasteiger partial charge in [-0.15, -0.1) is 0 Å². The summed E-state index contributed by atoms with van der Waals surface area (Å²) in [5, 5.41) is 3.15. The Hall–Kier alpha value is -1.62. The highest BCUT2D eigenvalue weighted by molar-refractivity contribution is 9.10. The third-order valence-corrected chi connectivity index (χ3v) is 2.64. The highest BCUT2D eigenvalue weighted by Gasteiger charge is 2.02. The Balaban J connectivity index is 2.23. The van der Waals surface area contributed by atoms with Crippen molar-refractivity contribution in [2.24, 2.45) is 0 Å². The number of nitrogens with two attached hydrogens (primary N) is 1. The molecule has 0 atom stereocenters. The molecule has 0 saturated heterocycles. The summed E-state index contributed by atoms with van der Waals surface area (Å²) in [5.41, 5.74) is 8.11. The van der Waals surface area contributed by atoms with Crippen LogP contribution in [-0.2, 0) is 0 Å². The number of nitrogens with one attached hydrogen (secondary N) is 1. The fourth-order valence-corrected chi connectivity index (χ4v) is 1.69. The topological polar surface area (TPSA) is 63.8 Å². The Morgan fingerprint density at radius 2 is 2.06 bits per heavy atom. The van der Waals surface area contributed by atoms with Crippen LogP contribution < -0.4 is 11.1 Å². The molecule has 82 valence electrons. The molecular formula is C11H11BrN4. The molecule has 5 heteroatoms. The third kappa shape index (κ3) is 2.49. The minimum Gasteiger partial charge on any atom is -0.397 e. The number of nitrogen functional groups attached to an aromatic ring is 1. The number of rotatable bonds is 2. The van der Waals surface area contributed by atoms with Crippen molar-refractivity contribution in [2.75, 3.05) is 11.1 Å². The molecule has 0 unspecified atom stereocenters. The smallest absolute Gasteiger partial charge is 0.144 e. The van der Waals surface area contributed by atoms with E-state index in [4.69, 9.17) is 5.73 Å². The molecule has 4 nitrogen and oxygen atoms in total. The molecule has 0 spiro atoms. The van der Waals surface area contributed by atoms with Gasteiger partial charge in [0.15, 0.2) is 0 Å². The summed E-state index contributed by atoms with van der Waals surface area (Å²) in [6.45, 7) is 1.95.